The first kappa shape index (κ1) is 18.9. The van der Waals surface area contributed by atoms with Gasteiger partial charge in [0, 0.05) is 22.9 Å². The van der Waals surface area contributed by atoms with Crippen LogP contribution >= 0.6 is 0 Å². The minimum atomic E-state index is -0.270. The maximum atomic E-state index is 13.3. The number of hydrogen-bond donors (Lipinski definition) is 2. The summed E-state index contributed by atoms with van der Waals surface area (Å²) < 4.78 is 0. The van der Waals surface area contributed by atoms with Crippen LogP contribution in [0.4, 0.5) is 0 Å². The van der Waals surface area contributed by atoms with E-state index >= 15 is 0 Å². The Morgan fingerprint density at radius 2 is 1.90 bits per heavy atom. The summed E-state index contributed by atoms with van der Waals surface area (Å²) in [7, 11) is 0. The summed E-state index contributed by atoms with van der Waals surface area (Å²) in [4.78, 5) is 18.0. The van der Waals surface area contributed by atoms with Crippen LogP contribution in [0.2, 0.25) is 0 Å². The van der Waals surface area contributed by atoms with Crippen molar-refractivity contribution in [1.82, 2.24) is 10.3 Å². The van der Waals surface area contributed by atoms with Gasteiger partial charge < -0.3 is 10.4 Å². The van der Waals surface area contributed by atoms with Crippen molar-refractivity contribution in [1.29, 1.82) is 0 Å². The van der Waals surface area contributed by atoms with E-state index in [9.17, 15) is 9.90 Å². The Labute approximate surface area is 170 Å². The largest absolute Gasteiger partial charge is 0.505 e. The molecule has 0 radical (unpaired) electrons. The van der Waals surface area contributed by atoms with Crippen molar-refractivity contribution in [3.05, 3.63) is 84.5 Å². The molecule has 0 saturated carbocycles. The number of nitrogens with zero attached hydrogens (tertiary/aromatic N) is 1. The SMILES string of the molecule is CC[C@H](NC(=O)c1c(O)c(-c2ccccc2)nc2ccccc12)C1C=CC=CC1. The molecule has 29 heavy (non-hydrogen) atoms. The molecule has 1 unspecified atom stereocenters. The molecule has 4 heteroatoms. The van der Waals surface area contributed by atoms with Gasteiger partial charge in [0.2, 0.25) is 0 Å². The highest BCUT2D eigenvalue weighted by Gasteiger charge is 2.25. The molecule has 0 aliphatic heterocycles. The fraction of sp³-hybridized carbons (Fsp3) is 0.200. The molecule has 1 heterocycles. The molecule has 1 amide bonds. The van der Waals surface area contributed by atoms with E-state index in [0.29, 0.717) is 16.6 Å². The van der Waals surface area contributed by atoms with Crippen LogP contribution in [-0.2, 0) is 0 Å². The minimum absolute atomic E-state index is 0.00444. The number of rotatable bonds is 5. The Bertz CT molecular complexity index is 1090. The summed E-state index contributed by atoms with van der Waals surface area (Å²) in [6.07, 6.45) is 10.0. The monoisotopic (exact) mass is 384 g/mol. The number of hydrogen-bond acceptors (Lipinski definition) is 3. The van der Waals surface area contributed by atoms with Crippen molar-refractivity contribution < 1.29 is 9.90 Å². The molecule has 2 aromatic carbocycles. The van der Waals surface area contributed by atoms with Crippen molar-refractivity contribution in [3.8, 4) is 17.0 Å². The zero-order valence-corrected chi connectivity index (χ0v) is 16.4. The van der Waals surface area contributed by atoms with E-state index in [4.69, 9.17) is 0 Å². The zero-order valence-electron chi connectivity index (χ0n) is 16.4. The van der Waals surface area contributed by atoms with Crippen molar-refractivity contribution in [2.45, 2.75) is 25.8 Å². The standard InChI is InChI=1S/C25H24N2O2/c1-2-20(17-11-5-3-6-12-17)27-25(29)22-19-15-9-10-16-21(19)26-23(24(22)28)18-13-7-4-8-14-18/h3-11,13-17,20,28H,2,12H2,1H3,(H,27,29)/t17?,20-/m0/s1. The number of benzene rings is 2. The molecule has 2 atom stereocenters. The average Bonchev–Trinajstić information content (AvgIpc) is 2.78. The zero-order chi connectivity index (χ0) is 20.2. The number of aromatic nitrogens is 1. The van der Waals surface area contributed by atoms with Crippen LogP contribution in [0.3, 0.4) is 0 Å². The predicted octanol–water partition coefficient (Wildman–Crippen LogP) is 5.25. The molecule has 146 valence electrons. The fourth-order valence-electron chi connectivity index (χ4n) is 3.88. The van der Waals surface area contributed by atoms with Crippen molar-refractivity contribution in [3.63, 3.8) is 0 Å². The molecule has 1 aromatic heterocycles. The van der Waals surface area contributed by atoms with Gasteiger partial charge in [0.05, 0.1) is 11.1 Å². The Balaban J connectivity index is 1.77. The van der Waals surface area contributed by atoms with Crippen LogP contribution < -0.4 is 5.32 Å². The summed E-state index contributed by atoms with van der Waals surface area (Å²) in [5.74, 6) is -0.104. The maximum absolute atomic E-state index is 13.3. The van der Waals surface area contributed by atoms with E-state index in [1.807, 2.05) is 66.7 Å². The topological polar surface area (TPSA) is 62.2 Å². The first-order valence-corrected chi connectivity index (χ1v) is 10.0. The van der Waals surface area contributed by atoms with E-state index < -0.39 is 0 Å². The van der Waals surface area contributed by atoms with Gasteiger partial charge in [-0.3, -0.25) is 4.79 Å². The first-order chi connectivity index (χ1) is 14.2. The number of para-hydroxylation sites is 1. The molecule has 1 aliphatic rings. The van der Waals surface area contributed by atoms with Gasteiger partial charge in [-0.25, -0.2) is 4.98 Å². The van der Waals surface area contributed by atoms with Crippen LogP contribution in [-0.4, -0.2) is 22.0 Å². The number of pyridine rings is 1. The highest BCUT2D eigenvalue weighted by molar-refractivity contribution is 6.10. The smallest absolute Gasteiger partial charge is 0.256 e. The predicted molar refractivity (Wildman–Crippen MR) is 117 cm³/mol. The second kappa shape index (κ2) is 8.31. The van der Waals surface area contributed by atoms with Crippen LogP contribution in [0.5, 0.6) is 5.75 Å². The van der Waals surface area contributed by atoms with E-state index in [-0.39, 0.29) is 29.2 Å². The minimum Gasteiger partial charge on any atom is -0.505 e. The number of aromatic hydroxyl groups is 1. The lowest BCUT2D eigenvalue weighted by molar-refractivity contribution is 0.0925. The van der Waals surface area contributed by atoms with Gasteiger partial charge in [0.15, 0.2) is 5.75 Å². The number of carbonyl (C=O) groups is 1. The van der Waals surface area contributed by atoms with E-state index in [2.05, 4.69) is 29.4 Å². The third kappa shape index (κ3) is 3.79. The maximum Gasteiger partial charge on any atom is 0.256 e. The van der Waals surface area contributed by atoms with Crippen molar-refractivity contribution in [2.24, 2.45) is 5.92 Å². The van der Waals surface area contributed by atoms with Gasteiger partial charge in [-0.1, -0.05) is 79.8 Å². The number of nitrogens with one attached hydrogen (secondary N) is 1. The third-order valence-electron chi connectivity index (χ3n) is 5.43. The lowest BCUT2D eigenvalue weighted by atomic mass is 9.90. The van der Waals surface area contributed by atoms with E-state index in [1.165, 1.54) is 0 Å². The molecule has 4 nitrogen and oxygen atoms in total. The van der Waals surface area contributed by atoms with Gasteiger partial charge in [-0.2, -0.15) is 0 Å². The molecule has 2 N–H and O–H groups in total. The second-order valence-corrected chi connectivity index (χ2v) is 7.27. The number of amides is 1. The molecule has 0 spiro atoms. The summed E-state index contributed by atoms with van der Waals surface area (Å²) in [5.41, 5.74) is 2.16. The highest BCUT2D eigenvalue weighted by atomic mass is 16.3. The van der Waals surface area contributed by atoms with Crippen molar-refractivity contribution >= 4 is 16.8 Å². The van der Waals surface area contributed by atoms with Gasteiger partial charge in [0.25, 0.3) is 5.91 Å². The second-order valence-electron chi connectivity index (χ2n) is 7.27. The van der Waals surface area contributed by atoms with Gasteiger partial charge >= 0.3 is 0 Å². The van der Waals surface area contributed by atoms with Crippen molar-refractivity contribution in [2.75, 3.05) is 0 Å². The molecule has 0 fully saturated rings. The fourth-order valence-corrected chi connectivity index (χ4v) is 3.88. The molecule has 4 rings (SSSR count). The van der Waals surface area contributed by atoms with Crippen LogP contribution in [0.1, 0.15) is 30.1 Å². The lowest BCUT2D eigenvalue weighted by Crippen LogP contribution is -2.39. The Kier molecular flexibility index (Phi) is 5.43. The Morgan fingerprint density at radius 3 is 2.62 bits per heavy atom. The van der Waals surface area contributed by atoms with Crippen LogP contribution in [0.15, 0.2) is 78.9 Å². The number of allylic oxidation sites excluding steroid dienone is 3. The Hall–Kier alpha value is -3.40. The number of carbonyl (C=O) groups excluding carboxylic acids is 1. The third-order valence-corrected chi connectivity index (χ3v) is 5.43. The molecular formula is C25H24N2O2. The van der Waals surface area contributed by atoms with E-state index in [1.54, 1.807) is 0 Å². The summed E-state index contributed by atoms with van der Waals surface area (Å²) in [6.45, 7) is 2.07. The van der Waals surface area contributed by atoms with Crippen LogP contribution in [0, 0.1) is 5.92 Å². The summed E-state index contributed by atoms with van der Waals surface area (Å²) in [5, 5.41) is 14.9. The summed E-state index contributed by atoms with van der Waals surface area (Å²) in [6, 6.07) is 16.9. The lowest BCUT2D eigenvalue weighted by Gasteiger charge is -2.25. The summed E-state index contributed by atoms with van der Waals surface area (Å²) >= 11 is 0. The molecular weight excluding hydrogens is 360 g/mol. The average molecular weight is 384 g/mol. The van der Waals surface area contributed by atoms with Gasteiger partial charge in [-0.15, -0.1) is 0 Å². The van der Waals surface area contributed by atoms with Crippen LogP contribution in [0.25, 0.3) is 22.2 Å². The molecule has 1 aliphatic carbocycles. The first-order valence-electron chi connectivity index (χ1n) is 10.0. The Morgan fingerprint density at radius 1 is 1.14 bits per heavy atom. The molecule has 3 aromatic rings. The van der Waals surface area contributed by atoms with Gasteiger partial charge in [0.1, 0.15) is 5.69 Å². The normalized spacial score (nSPS) is 16.7. The van der Waals surface area contributed by atoms with Gasteiger partial charge in [-0.05, 0) is 18.9 Å². The molecule has 0 saturated heterocycles. The van der Waals surface area contributed by atoms with E-state index in [0.717, 1.165) is 18.4 Å². The number of fused-ring (bicyclic) bond motifs is 1. The quantitative estimate of drug-likeness (QED) is 0.632. The highest BCUT2D eigenvalue weighted by Crippen LogP contribution is 2.35. The molecule has 0 bridgehead atoms.